The van der Waals surface area contributed by atoms with E-state index < -0.39 is 0 Å². The maximum atomic E-state index is 9.06. The predicted molar refractivity (Wildman–Crippen MR) is 64.6 cm³/mol. The van der Waals surface area contributed by atoms with Gasteiger partial charge in [-0.1, -0.05) is 12.1 Å². The summed E-state index contributed by atoms with van der Waals surface area (Å²) in [6.45, 7) is 2.44. The van der Waals surface area contributed by atoms with Crippen LogP contribution in [0.25, 0.3) is 11.4 Å². The minimum atomic E-state index is -0.0910. The Morgan fingerprint density at radius 2 is 2.06 bits per heavy atom. The van der Waals surface area contributed by atoms with Crippen LogP contribution >= 0.6 is 0 Å². The van der Waals surface area contributed by atoms with Crippen molar-refractivity contribution in [2.24, 2.45) is 0 Å². The molecule has 0 amide bonds. The number of rotatable bonds is 4. The van der Waals surface area contributed by atoms with Gasteiger partial charge in [-0.2, -0.15) is 0 Å². The number of para-hydroxylation sites is 1. The molecule has 4 heteroatoms. The highest BCUT2D eigenvalue weighted by Crippen LogP contribution is 2.26. The summed E-state index contributed by atoms with van der Waals surface area (Å²) in [5.74, 6) is 1.32. The first-order chi connectivity index (χ1) is 8.35. The van der Waals surface area contributed by atoms with Crippen molar-refractivity contribution in [1.82, 2.24) is 9.97 Å². The summed E-state index contributed by atoms with van der Waals surface area (Å²) in [7, 11) is 0. The average Bonchev–Trinajstić information content (AvgIpc) is 2.40. The first-order valence-corrected chi connectivity index (χ1v) is 5.50. The molecule has 2 rings (SSSR count). The van der Waals surface area contributed by atoms with Crippen LogP contribution in [0.2, 0.25) is 0 Å². The lowest BCUT2D eigenvalue weighted by atomic mass is 10.2. The quantitative estimate of drug-likeness (QED) is 0.873. The molecule has 1 heterocycles. The molecule has 0 unspecified atom stereocenters. The van der Waals surface area contributed by atoms with Gasteiger partial charge in [-0.15, -0.1) is 0 Å². The fourth-order valence-electron chi connectivity index (χ4n) is 1.55. The van der Waals surface area contributed by atoms with Gasteiger partial charge in [0.15, 0.2) is 5.82 Å². The van der Waals surface area contributed by atoms with Crippen LogP contribution in [0.3, 0.4) is 0 Å². The van der Waals surface area contributed by atoms with Crippen LogP contribution in [0, 0.1) is 0 Å². The zero-order valence-electron chi connectivity index (χ0n) is 9.63. The highest BCUT2D eigenvalue weighted by Gasteiger charge is 2.08. The number of benzene rings is 1. The molecule has 0 aliphatic carbocycles. The minimum Gasteiger partial charge on any atom is -0.493 e. The first-order valence-electron chi connectivity index (χ1n) is 5.50. The molecule has 0 spiro atoms. The number of hydrogen-bond donors (Lipinski definition) is 1. The molecule has 0 fully saturated rings. The third kappa shape index (κ3) is 2.60. The normalized spacial score (nSPS) is 10.2. The van der Waals surface area contributed by atoms with E-state index in [0.717, 1.165) is 11.3 Å². The maximum Gasteiger partial charge on any atom is 0.163 e. The van der Waals surface area contributed by atoms with Crippen LogP contribution in [-0.4, -0.2) is 21.7 Å². The summed E-state index contributed by atoms with van der Waals surface area (Å²) in [6.07, 6.45) is 1.64. The number of aromatic nitrogens is 2. The second-order valence-electron chi connectivity index (χ2n) is 3.46. The largest absolute Gasteiger partial charge is 0.493 e. The topological polar surface area (TPSA) is 55.2 Å². The van der Waals surface area contributed by atoms with E-state index in [0.29, 0.717) is 18.1 Å². The van der Waals surface area contributed by atoms with Gasteiger partial charge in [-0.05, 0) is 25.1 Å². The molecule has 4 nitrogen and oxygen atoms in total. The van der Waals surface area contributed by atoms with Crippen molar-refractivity contribution in [2.45, 2.75) is 13.5 Å². The maximum absolute atomic E-state index is 9.06. The van der Waals surface area contributed by atoms with E-state index in [1.807, 2.05) is 31.2 Å². The summed E-state index contributed by atoms with van der Waals surface area (Å²) in [6, 6.07) is 9.29. The Labute approximate surface area is 99.9 Å². The Hall–Kier alpha value is -1.94. The Bertz CT molecular complexity index is 500. The predicted octanol–water partition coefficient (Wildman–Crippen LogP) is 2.03. The molecule has 1 aromatic heterocycles. The lowest BCUT2D eigenvalue weighted by molar-refractivity contribution is 0.276. The molecule has 0 aliphatic rings. The molecular weight excluding hydrogens is 216 g/mol. The summed E-state index contributed by atoms with van der Waals surface area (Å²) in [4.78, 5) is 8.46. The summed E-state index contributed by atoms with van der Waals surface area (Å²) < 4.78 is 5.52. The first kappa shape index (κ1) is 11.5. The molecule has 2 aromatic rings. The van der Waals surface area contributed by atoms with Gasteiger partial charge in [0.25, 0.3) is 0 Å². The van der Waals surface area contributed by atoms with Crippen molar-refractivity contribution >= 4 is 0 Å². The lowest BCUT2D eigenvalue weighted by Gasteiger charge is -2.09. The van der Waals surface area contributed by atoms with Crippen molar-refractivity contribution < 1.29 is 9.84 Å². The van der Waals surface area contributed by atoms with E-state index >= 15 is 0 Å². The number of ether oxygens (including phenoxy) is 1. The summed E-state index contributed by atoms with van der Waals surface area (Å²) >= 11 is 0. The van der Waals surface area contributed by atoms with Crippen LogP contribution in [0.5, 0.6) is 5.75 Å². The van der Waals surface area contributed by atoms with Crippen LogP contribution in [0.15, 0.2) is 36.5 Å². The van der Waals surface area contributed by atoms with Crippen LogP contribution < -0.4 is 4.74 Å². The molecule has 0 saturated heterocycles. The highest BCUT2D eigenvalue weighted by molar-refractivity contribution is 5.63. The van der Waals surface area contributed by atoms with Crippen molar-refractivity contribution in [3.8, 4) is 17.1 Å². The van der Waals surface area contributed by atoms with Gasteiger partial charge >= 0.3 is 0 Å². The van der Waals surface area contributed by atoms with Crippen LogP contribution in [0.4, 0.5) is 0 Å². The van der Waals surface area contributed by atoms with Gasteiger partial charge in [0.2, 0.25) is 0 Å². The molecule has 0 radical (unpaired) electrons. The number of aliphatic hydroxyl groups is 1. The SMILES string of the molecule is CCOc1ccccc1-c1nccc(CO)n1. The lowest BCUT2D eigenvalue weighted by Crippen LogP contribution is -1.98. The van der Waals surface area contributed by atoms with Gasteiger partial charge in [0.1, 0.15) is 5.75 Å². The fraction of sp³-hybridized carbons (Fsp3) is 0.231. The van der Waals surface area contributed by atoms with Gasteiger partial charge in [-0.3, -0.25) is 0 Å². The number of hydrogen-bond acceptors (Lipinski definition) is 4. The van der Waals surface area contributed by atoms with Crippen molar-refractivity contribution in [1.29, 1.82) is 0 Å². The second kappa shape index (κ2) is 5.41. The summed E-state index contributed by atoms with van der Waals surface area (Å²) in [5, 5.41) is 9.06. The average molecular weight is 230 g/mol. The van der Waals surface area contributed by atoms with Gasteiger partial charge in [-0.25, -0.2) is 9.97 Å². The van der Waals surface area contributed by atoms with Gasteiger partial charge in [0, 0.05) is 6.20 Å². The van der Waals surface area contributed by atoms with E-state index in [2.05, 4.69) is 9.97 Å². The fourth-order valence-corrected chi connectivity index (χ4v) is 1.55. The van der Waals surface area contributed by atoms with E-state index in [9.17, 15) is 0 Å². The molecule has 88 valence electrons. The standard InChI is InChI=1S/C13H14N2O2/c1-2-17-12-6-4-3-5-11(12)13-14-8-7-10(9-16)15-13/h3-8,16H,2,9H2,1H3. The monoisotopic (exact) mass is 230 g/mol. The summed E-state index contributed by atoms with van der Waals surface area (Å²) in [5.41, 5.74) is 1.44. The van der Waals surface area contributed by atoms with Gasteiger partial charge < -0.3 is 9.84 Å². The molecule has 0 saturated carbocycles. The second-order valence-corrected chi connectivity index (χ2v) is 3.46. The van der Waals surface area contributed by atoms with Crippen LogP contribution in [-0.2, 0) is 6.61 Å². The van der Waals surface area contributed by atoms with E-state index in [1.54, 1.807) is 12.3 Å². The molecule has 0 atom stereocenters. The highest BCUT2D eigenvalue weighted by atomic mass is 16.5. The molecular formula is C13H14N2O2. The molecule has 1 aromatic carbocycles. The molecule has 0 aliphatic heterocycles. The van der Waals surface area contributed by atoms with Gasteiger partial charge in [0.05, 0.1) is 24.5 Å². The number of nitrogens with zero attached hydrogens (tertiary/aromatic N) is 2. The minimum absolute atomic E-state index is 0.0910. The van der Waals surface area contributed by atoms with Crippen LogP contribution in [0.1, 0.15) is 12.6 Å². The third-order valence-corrected chi connectivity index (χ3v) is 2.30. The smallest absolute Gasteiger partial charge is 0.163 e. The Balaban J connectivity index is 2.44. The third-order valence-electron chi connectivity index (χ3n) is 2.30. The Kier molecular flexibility index (Phi) is 3.67. The number of aliphatic hydroxyl groups excluding tert-OH is 1. The molecule has 1 N–H and O–H groups in total. The molecule has 0 bridgehead atoms. The Morgan fingerprint density at radius 3 is 2.82 bits per heavy atom. The van der Waals surface area contributed by atoms with Crippen molar-refractivity contribution in [2.75, 3.05) is 6.61 Å². The molecule has 17 heavy (non-hydrogen) atoms. The zero-order valence-corrected chi connectivity index (χ0v) is 9.63. The van der Waals surface area contributed by atoms with E-state index in [-0.39, 0.29) is 6.61 Å². The van der Waals surface area contributed by atoms with Crippen molar-refractivity contribution in [3.63, 3.8) is 0 Å². The van der Waals surface area contributed by atoms with E-state index in [4.69, 9.17) is 9.84 Å². The van der Waals surface area contributed by atoms with Crippen molar-refractivity contribution in [3.05, 3.63) is 42.2 Å². The Morgan fingerprint density at radius 1 is 1.24 bits per heavy atom. The van der Waals surface area contributed by atoms with E-state index in [1.165, 1.54) is 0 Å². The zero-order chi connectivity index (χ0) is 12.1.